The summed E-state index contributed by atoms with van der Waals surface area (Å²) in [4.78, 5) is 13.4. The van der Waals surface area contributed by atoms with Crippen LogP contribution in [0.5, 0.6) is 5.75 Å². The molecule has 5 nitrogen and oxygen atoms in total. The number of hydrogen-bond donors (Lipinski definition) is 1. The van der Waals surface area contributed by atoms with E-state index >= 15 is 0 Å². The van der Waals surface area contributed by atoms with E-state index in [4.69, 9.17) is 9.47 Å². The van der Waals surface area contributed by atoms with Crippen LogP contribution >= 0.6 is 0 Å². The van der Waals surface area contributed by atoms with Gasteiger partial charge in [-0.25, -0.2) is 4.79 Å². The zero-order valence-corrected chi connectivity index (χ0v) is 12.3. The first-order chi connectivity index (χ1) is 9.25. The average molecular weight is 279 g/mol. The average Bonchev–Trinajstić information content (AvgIpc) is 2.32. The number of methoxy groups -OCH3 is 1. The predicted octanol–water partition coefficient (Wildman–Crippen LogP) is 2.13. The summed E-state index contributed by atoms with van der Waals surface area (Å²) in [5, 5.41) is 10.6. The minimum absolute atomic E-state index is 0.211. The fourth-order valence-electron chi connectivity index (χ4n) is 2.24. The van der Waals surface area contributed by atoms with Crippen LogP contribution in [0.4, 0.5) is 4.79 Å². The second kappa shape index (κ2) is 4.98. The van der Waals surface area contributed by atoms with Gasteiger partial charge in [0.1, 0.15) is 17.0 Å². The molecular weight excluding hydrogens is 258 g/mol. The van der Waals surface area contributed by atoms with Gasteiger partial charge >= 0.3 is 6.09 Å². The van der Waals surface area contributed by atoms with Gasteiger partial charge < -0.3 is 19.5 Å². The first kappa shape index (κ1) is 14.7. The number of aliphatic hydroxyl groups is 1. The molecule has 1 heterocycles. The van der Waals surface area contributed by atoms with Crippen molar-refractivity contribution in [1.82, 2.24) is 4.90 Å². The van der Waals surface area contributed by atoms with Crippen LogP contribution in [0.2, 0.25) is 0 Å². The molecule has 0 spiro atoms. The van der Waals surface area contributed by atoms with E-state index < -0.39 is 17.3 Å². The van der Waals surface area contributed by atoms with Crippen molar-refractivity contribution < 1.29 is 19.4 Å². The molecule has 1 aromatic rings. The van der Waals surface area contributed by atoms with E-state index in [1.165, 1.54) is 4.90 Å². The molecule has 1 saturated heterocycles. The normalized spacial score (nSPS) is 17.4. The highest BCUT2D eigenvalue weighted by Gasteiger charge is 2.47. The van der Waals surface area contributed by atoms with Crippen molar-refractivity contribution in [2.75, 3.05) is 20.2 Å². The van der Waals surface area contributed by atoms with Crippen LogP contribution < -0.4 is 4.74 Å². The summed E-state index contributed by atoms with van der Waals surface area (Å²) in [6, 6.07) is 7.29. The lowest BCUT2D eigenvalue weighted by Gasteiger charge is -2.46. The third-order valence-electron chi connectivity index (χ3n) is 3.16. The van der Waals surface area contributed by atoms with Crippen molar-refractivity contribution in [3.8, 4) is 5.75 Å². The summed E-state index contributed by atoms with van der Waals surface area (Å²) in [5.74, 6) is 0.624. The number of ether oxygens (including phenoxy) is 2. The fourth-order valence-corrected chi connectivity index (χ4v) is 2.24. The number of carbonyl (C=O) groups is 1. The maximum atomic E-state index is 11.9. The zero-order valence-electron chi connectivity index (χ0n) is 12.3. The Morgan fingerprint density at radius 1 is 1.30 bits per heavy atom. The molecule has 2 rings (SSSR count). The van der Waals surface area contributed by atoms with Crippen LogP contribution in [-0.2, 0) is 10.3 Å². The molecule has 5 heteroatoms. The Kier molecular flexibility index (Phi) is 3.65. The van der Waals surface area contributed by atoms with Crippen molar-refractivity contribution in [2.45, 2.75) is 32.0 Å². The van der Waals surface area contributed by atoms with E-state index in [9.17, 15) is 9.90 Å². The molecule has 0 bridgehead atoms. The van der Waals surface area contributed by atoms with Gasteiger partial charge in [-0.15, -0.1) is 0 Å². The van der Waals surface area contributed by atoms with Crippen molar-refractivity contribution in [3.63, 3.8) is 0 Å². The van der Waals surface area contributed by atoms with Crippen LogP contribution in [0.1, 0.15) is 26.3 Å². The van der Waals surface area contributed by atoms with Crippen LogP contribution in [-0.4, -0.2) is 41.9 Å². The predicted molar refractivity (Wildman–Crippen MR) is 74.7 cm³/mol. The Morgan fingerprint density at radius 2 is 1.90 bits per heavy atom. The second-order valence-corrected chi connectivity index (χ2v) is 6.07. The van der Waals surface area contributed by atoms with Gasteiger partial charge in [0.25, 0.3) is 0 Å². The molecule has 1 N–H and O–H groups in total. The first-order valence-electron chi connectivity index (χ1n) is 6.59. The van der Waals surface area contributed by atoms with Crippen LogP contribution in [0.3, 0.4) is 0 Å². The zero-order chi connectivity index (χ0) is 15.0. The quantitative estimate of drug-likeness (QED) is 0.901. The van der Waals surface area contributed by atoms with Crippen molar-refractivity contribution in [3.05, 3.63) is 29.8 Å². The highest BCUT2D eigenvalue weighted by Crippen LogP contribution is 2.37. The van der Waals surface area contributed by atoms with E-state index in [2.05, 4.69) is 0 Å². The third kappa shape index (κ3) is 2.88. The molecule has 1 aromatic carbocycles. The Balaban J connectivity index is 2.06. The first-order valence-corrected chi connectivity index (χ1v) is 6.59. The van der Waals surface area contributed by atoms with Crippen LogP contribution in [0.15, 0.2) is 24.3 Å². The molecular formula is C15H21NO4. The number of rotatable bonds is 2. The Hall–Kier alpha value is -1.75. The van der Waals surface area contributed by atoms with Gasteiger partial charge in [0.15, 0.2) is 0 Å². The van der Waals surface area contributed by atoms with Gasteiger partial charge in [-0.3, -0.25) is 0 Å². The summed E-state index contributed by atoms with van der Waals surface area (Å²) in [5.41, 5.74) is -0.902. The van der Waals surface area contributed by atoms with Crippen LogP contribution in [0, 0.1) is 0 Å². The largest absolute Gasteiger partial charge is 0.496 e. The van der Waals surface area contributed by atoms with E-state index in [0.29, 0.717) is 11.3 Å². The maximum Gasteiger partial charge on any atom is 0.410 e. The van der Waals surface area contributed by atoms with Gasteiger partial charge in [0.05, 0.1) is 20.2 Å². The Morgan fingerprint density at radius 3 is 2.45 bits per heavy atom. The molecule has 1 amide bonds. The van der Waals surface area contributed by atoms with Gasteiger partial charge in [-0.05, 0) is 26.8 Å². The molecule has 0 radical (unpaired) electrons. The van der Waals surface area contributed by atoms with Crippen molar-refractivity contribution in [2.24, 2.45) is 0 Å². The molecule has 0 saturated carbocycles. The topological polar surface area (TPSA) is 59.0 Å². The van der Waals surface area contributed by atoms with E-state index in [1.54, 1.807) is 13.2 Å². The van der Waals surface area contributed by atoms with E-state index in [-0.39, 0.29) is 13.1 Å². The molecule has 0 unspecified atom stereocenters. The number of benzene rings is 1. The van der Waals surface area contributed by atoms with Crippen molar-refractivity contribution in [1.29, 1.82) is 0 Å². The van der Waals surface area contributed by atoms with Gasteiger partial charge in [-0.1, -0.05) is 18.2 Å². The summed E-state index contributed by atoms with van der Waals surface area (Å²) < 4.78 is 10.5. The van der Waals surface area contributed by atoms with Crippen molar-refractivity contribution >= 4 is 6.09 Å². The number of nitrogens with zero attached hydrogens (tertiary/aromatic N) is 1. The van der Waals surface area contributed by atoms with Crippen LogP contribution in [0.25, 0.3) is 0 Å². The summed E-state index contributed by atoms with van der Waals surface area (Å²) in [6.07, 6.45) is -0.405. The lowest BCUT2D eigenvalue weighted by molar-refractivity contribution is -0.104. The summed E-state index contributed by atoms with van der Waals surface area (Å²) in [6.45, 7) is 5.87. The molecule has 110 valence electrons. The molecule has 1 aliphatic rings. The van der Waals surface area contributed by atoms with Gasteiger partial charge in [0, 0.05) is 5.56 Å². The Bertz CT molecular complexity index is 501. The molecule has 1 aliphatic heterocycles. The molecule has 0 atom stereocenters. The van der Waals surface area contributed by atoms with Gasteiger partial charge in [-0.2, -0.15) is 0 Å². The summed E-state index contributed by atoms with van der Waals surface area (Å²) in [7, 11) is 1.56. The summed E-state index contributed by atoms with van der Waals surface area (Å²) >= 11 is 0. The maximum absolute atomic E-state index is 11.9. The highest BCUT2D eigenvalue weighted by atomic mass is 16.6. The molecule has 1 fully saturated rings. The number of likely N-dealkylation sites (tertiary alicyclic amines) is 1. The Labute approximate surface area is 119 Å². The number of amides is 1. The lowest BCUT2D eigenvalue weighted by Crippen LogP contribution is -2.62. The SMILES string of the molecule is COc1ccccc1C1(O)CN(C(=O)OC(C)(C)C)C1. The third-order valence-corrected chi connectivity index (χ3v) is 3.16. The monoisotopic (exact) mass is 279 g/mol. The van der Waals surface area contributed by atoms with E-state index in [1.807, 2.05) is 39.0 Å². The lowest BCUT2D eigenvalue weighted by atomic mass is 9.86. The minimum atomic E-state index is -1.07. The minimum Gasteiger partial charge on any atom is -0.496 e. The number of β-amino-alcohol motifs (C(OH)–C–C–N with tert-alkyl or cyclic N) is 1. The second-order valence-electron chi connectivity index (χ2n) is 6.07. The molecule has 20 heavy (non-hydrogen) atoms. The fraction of sp³-hybridized carbons (Fsp3) is 0.533. The molecule has 0 aliphatic carbocycles. The smallest absolute Gasteiger partial charge is 0.410 e. The number of hydrogen-bond acceptors (Lipinski definition) is 4. The molecule has 0 aromatic heterocycles. The number of para-hydroxylation sites is 1. The van der Waals surface area contributed by atoms with E-state index in [0.717, 1.165) is 0 Å². The standard InChI is InChI=1S/C15H21NO4/c1-14(2,3)20-13(17)16-9-15(18,10-16)11-7-5-6-8-12(11)19-4/h5-8,18H,9-10H2,1-4H3. The highest BCUT2D eigenvalue weighted by molar-refractivity contribution is 5.70. The van der Waals surface area contributed by atoms with Gasteiger partial charge in [0.2, 0.25) is 0 Å². The number of carbonyl (C=O) groups excluding carboxylic acids is 1.